The monoisotopic (exact) mass is 198 g/mol. The summed E-state index contributed by atoms with van der Waals surface area (Å²) in [6, 6.07) is 8.61. The van der Waals surface area contributed by atoms with Crippen molar-refractivity contribution >= 4 is 5.57 Å². The first-order valence-corrected chi connectivity index (χ1v) is 5.27. The quantitative estimate of drug-likeness (QED) is 0.629. The summed E-state index contributed by atoms with van der Waals surface area (Å²) in [4.78, 5) is 0. The van der Waals surface area contributed by atoms with Gasteiger partial charge in [-0.05, 0) is 30.0 Å². The zero-order valence-electron chi connectivity index (χ0n) is 9.59. The summed E-state index contributed by atoms with van der Waals surface area (Å²) in [6.45, 7) is 11.9. The summed E-state index contributed by atoms with van der Waals surface area (Å²) in [5, 5.41) is 0. The molecule has 0 bridgehead atoms. The fourth-order valence-electron chi connectivity index (χ4n) is 1.52. The zero-order valence-corrected chi connectivity index (χ0v) is 9.59. The van der Waals surface area contributed by atoms with E-state index in [-0.39, 0.29) is 0 Å². The summed E-state index contributed by atoms with van der Waals surface area (Å²) in [6.07, 6.45) is 4.88. The van der Waals surface area contributed by atoms with Gasteiger partial charge < -0.3 is 0 Å². The van der Waals surface area contributed by atoms with E-state index in [0.29, 0.717) is 0 Å². The minimum absolute atomic E-state index is 1.07. The highest BCUT2D eigenvalue weighted by atomic mass is 14.1. The van der Waals surface area contributed by atoms with Crippen molar-refractivity contribution in [2.75, 3.05) is 0 Å². The maximum Gasteiger partial charge on any atom is -0.0161 e. The molecule has 15 heavy (non-hydrogen) atoms. The van der Waals surface area contributed by atoms with Gasteiger partial charge in [-0.2, -0.15) is 0 Å². The van der Waals surface area contributed by atoms with Gasteiger partial charge >= 0.3 is 0 Å². The molecule has 0 aromatic heterocycles. The third kappa shape index (κ3) is 2.95. The van der Waals surface area contributed by atoms with Crippen LogP contribution in [-0.2, 0) is 6.42 Å². The zero-order chi connectivity index (χ0) is 11.3. The highest BCUT2D eigenvalue weighted by Gasteiger charge is 2.00. The average Bonchev–Trinajstić information content (AvgIpc) is 2.26. The Balaban J connectivity index is 3.07. The maximum atomic E-state index is 3.98. The number of hydrogen-bond acceptors (Lipinski definition) is 0. The molecule has 78 valence electrons. The molecule has 0 spiro atoms. The van der Waals surface area contributed by atoms with Crippen LogP contribution >= 0.6 is 0 Å². The molecule has 0 N–H and O–H groups in total. The Bertz CT molecular complexity index is 377. The van der Waals surface area contributed by atoms with E-state index < -0.39 is 0 Å². The third-order valence-corrected chi connectivity index (χ3v) is 2.42. The number of aryl methyl sites for hydroxylation is 1. The molecular weight excluding hydrogens is 180 g/mol. The molecule has 1 rings (SSSR count). The fourth-order valence-corrected chi connectivity index (χ4v) is 1.52. The smallest absolute Gasteiger partial charge is 0.0161 e. The molecule has 0 heterocycles. The van der Waals surface area contributed by atoms with Gasteiger partial charge in [0.25, 0.3) is 0 Å². The molecule has 0 amide bonds. The molecule has 0 nitrogen and oxygen atoms in total. The SMILES string of the molecule is C=C/C=C(\C(=C)C)c1ccc(CC)cc1. The van der Waals surface area contributed by atoms with Gasteiger partial charge in [0.2, 0.25) is 0 Å². The molecule has 0 heteroatoms. The molecule has 0 saturated carbocycles. The normalized spacial score (nSPS) is 11.2. The van der Waals surface area contributed by atoms with Crippen molar-refractivity contribution in [1.29, 1.82) is 0 Å². The molecule has 0 fully saturated rings. The Morgan fingerprint density at radius 3 is 2.27 bits per heavy atom. The topological polar surface area (TPSA) is 0 Å². The first-order valence-electron chi connectivity index (χ1n) is 5.27. The van der Waals surface area contributed by atoms with Crippen LogP contribution in [0.25, 0.3) is 5.57 Å². The van der Waals surface area contributed by atoms with Crippen molar-refractivity contribution < 1.29 is 0 Å². The summed E-state index contributed by atoms with van der Waals surface area (Å²) < 4.78 is 0. The minimum atomic E-state index is 1.07. The Morgan fingerprint density at radius 2 is 1.87 bits per heavy atom. The molecule has 0 radical (unpaired) electrons. The van der Waals surface area contributed by atoms with E-state index in [2.05, 4.69) is 44.3 Å². The van der Waals surface area contributed by atoms with Gasteiger partial charge in [0.1, 0.15) is 0 Å². The lowest BCUT2D eigenvalue weighted by Crippen LogP contribution is -1.87. The largest absolute Gasteiger partial charge is 0.0990 e. The molecular formula is C15H18. The molecule has 0 saturated heterocycles. The van der Waals surface area contributed by atoms with Crippen LogP contribution < -0.4 is 0 Å². The van der Waals surface area contributed by atoms with E-state index in [1.165, 1.54) is 11.1 Å². The predicted octanol–water partition coefficient (Wildman–Crippen LogP) is 4.39. The lowest BCUT2D eigenvalue weighted by Gasteiger charge is -2.07. The lowest BCUT2D eigenvalue weighted by molar-refractivity contribution is 1.14. The second-order valence-corrected chi connectivity index (χ2v) is 3.65. The molecule has 0 unspecified atom stereocenters. The number of hydrogen-bond donors (Lipinski definition) is 0. The summed E-state index contributed by atoms with van der Waals surface area (Å²) >= 11 is 0. The Hall–Kier alpha value is -1.56. The van der Waals surface area contributed by atoms with Crippen LogP contribution in [0.1, 0.15) is 25.0 Å². The van der Waals surface area contributed by atoms with Crippen LogP contribution in [-0.4, -0.2) is 0 Å². The van der Waals surface area contributed by atoms with Crippen LogP contribution in [0.4, 0.5) is 0 Å². The molecule has 0 aliphatic rings. The van der Waals surface area contributed by atoms with Gasteiger partial charge in [-0.25, -0.2) is 0 Å². The van der Waals surface area contributed by atoms with Crippen molar-refractivity contribution in [3.63, 3.8) is 0 Å². The van der Waals surface area contributed by atoms with Gasteiger partial charge in [-0.3, -0.25) is 0 Å². The van der Waals surface area contributed by atoms with Gasteiger partial charge in [-0.1, -0.05) is 62.1 Å². The molecule has 0 aliphatic carbocycles. The van der Waals surface area contributed by atoms with Crippen molar-refractivity contribution in [1.82, 2.24) is 0 Å². The summed E-state index contributed by atoms with van der Waals surface area (Å²) in [7, 11) is 0. The van der Waals surface area contributed by atoms with Crippen LogP contribution in [0.15, 0.2) is 55.1 Å². The van der Waals surface area contributed by atoms with Crippen molar-refractivity contribution in [2.24, 2.45) is 0 Å². The maximum absolute atomic E-state index is 3.98. The Kier molecular flexibility index (Phi) is 4.11. The first-order chi connectivity index (χ1) is 7.19. The number of allylic oxidation sites excluding steroid dienone is 4. The van der Waals surface area contributed by atoms with Gasteiger partial charge in [0.05, 0.1) is 0 Å². The van der Waals surface area contributed by atoms with E-state index in [1.807, 2.05) is 13.0 Å². The van der Waals surface area contributed by atoms with Crippen LogP contribution in [0.2, 0.25) is 0 Å². The van der Waals surface area contributed by atoms with Crippen molar-refractivity contribution in [2.45, 2.75) is 20.3 Å². The molecule has 1 aromatic rings. The van der Waals surface area contributed by atoms with E-state index in [4.69, 9.17) is 0 Å². The van der Waals surface area contributed by atoms with Crippen LogP contribution in [0.3, 0.4) is 0 Å². The minimum Gasteiger partial charge on any atom is -0.0990 e. The molecule has 1 aromatic carbocycles. The first kappa shape index (κ1) is 11.5. The standard InChI is InChI=1S/C15H18/c1-5-7-15(12(3)4)14-10-8-13(6-2)9-11-14/h5,7-11H,1,3,6H2,2,4H3/b15-7+. The third-order valence-electron chi connectivity index (χ3n) is 2.42. The number of rotatable bonds is 4. The molecule has 0 aliphatic heterocycles. The Morgan fingerprint density at radius 1 is 1.27 bits per heavy atom. The number of benzene rings is 1. The summed E-state index contributed by atoms with van der Waals surface area (Å²) in [5.41, 5.74) is 4.80. The van der Waals surface area contributed by atoms with E-state index in [9.17, 15) is 0 Å². The fraction of sp³-hybridized carbons (Fsp3) is 0.200. The van der Waals surface area contributed by atoms with Gasteiger partial charge in [0.15, 0.2) is 0 Å². The highest BCUT2D eigenvalue weighted by Crippen LogP contribution is 2.22. The van der Waals surface area contributed by atoms with E-state index in [0.717, 1.165) is 17.6 Å². The van der Waals surface area contributed by atoms with E-state index in [1.54, 1.807) is 6.08 Å². The molecule has 0 atom stereocenters. The van der Waals surface area contributed by atoms with E-state index >= 15 is 0 Å². The Labute approximate surface area is 92.6 Å². The predicted molar refractivity (Wildman–Crippen MR) is 68.8 cm³/mol. The average molecular weight is 198 g/mol. The van der Waals surface area contributed by atoms with Crippen LogP contribution in [0, 0.1) is 0 Å². The lowest BCUT2D eigenvalue weighted by atomic mass is 9.98. The summed E-state index contributed by atoms with van der Waals surface area (Å²) in [5.74, 6) is 0. The van der Waals surface area contributed by atoms with Gasteiger partial charge in [0, 0.05) is 0 Å². The van der Waals surface area contributed by atoms with Crippen molar-refractivity contribution in [3.8, 4) is 0 Å². The van der Waals surface area contributed by atoms with Gasteiger partial charge in [-0.15, -0.1) is 0 Å². The van der Waals surface area contributed by atoms with Crippen LogP contribution in [0.5, 0.6) is 0 Å². The highest BCUT2D eigenvalue weighted by molar-refractivity contribution is 5.78. The second kappa shape index (κ2) is 5.35. The second-order valence-electron chi connectivity index (χ2n) is 3.65. The van der Waals surface area contributed by atoms with Crippen molar-refractivity contribution in [3.05, 3.63) is 66.3 Å².